The van der Waals surface area contributed by atoms with Gasteiger partial charge in [-0.05, 0) is 129 Å². The summed E-state index contributed by atoms with van der Waals surface area (Å²) in [6, 6.07) is 12.4. The van der Waals surface area contributed by atoms with Crippen LogP contribution >= 0.6 is 46.4 Å². The first-order valence-corrected chi connectivity index (χ1v) is 27.1. The number of halogens is 4. The van der Waals surface area contributed by atoms with Crippen molar-refractivity contribution in [2.24, 2.45) is 30.4 Å². The van der Waals surface area contributed by atoms with E-state index in [0.29, 0.717) is 47.5 Å². The number of methoxy groups -OCH3 is 2. The Morgan fingerprint density at radius 3 is 1.15 bits per heavy atom. The summed E-state index contributed by atoms with van der Waals surface area (Å²) in [6.45, 7) is 0. The van der Waals surface area contributed by atoms with Gasteiger partial charge in [0, 0.05) is 10.8 Å². The number of aromatic amines is 2. The Hall–Kier alpha value is -3.34. The number of hydrogen-bond acceptors (Lipinski definition) is 24. The minimum Gasteiger partial charge on any atom is -0.870 e. The largest absolute Gasteiger partial charge is 1.00 e. The summed E-state index contributed by atoms with van der Waals surface area (Å²) in [6.07, 6.45) is 0. The van der Waals surface area contributed by atoms with E-state index in [1.807, 2.05) is 0 Å². The molecule has 2 heterocycles. The number of ether oxygens (including phenoxy) is 2. The van der Waals surface area contributed by atoms with Crippen LogP contribution in [-0.2, 0) is 40.5 Å². The van der Waals surface area contributed by atoms with Gasteiger partial charge in [0.1, 0.15) is 52.9 Å². The number of fused-ring (bicyclic) bond motifs is 2. The van der Waals surface area contributed by atoms with Crippen molar-refractivity contribution in [3.8, 4) is 34.1 Å². The average Bonchev–Trinajstić information content (AvgIpc) is 3.31. The van der Waals surface area contributed by atoms with Crippen molar-refractivity contribution in [2.75, 3.05) is 14.2 Å². The second-order valence-electron chi connectivity index (χ2n) is 14.9. The average molecular weight is 1290 g/mol. The SMILES string of the molecule is COc1cc(-c2ccc(N=Nc3c(S(=O)(=O)O)cc4cc(S(=O)(=O)[O-])cc(N=c5nc(Cl)nc(Cl)[nH]5)c4c3[O-])c(OC)c2)ccc1N=Nc1c(S(=O)(=O)O)cc2cc(S(=O)(=O)[O-])cc(N=c3nc(Cl)nc(Cl)[nH]3)c2c1[O-].[Na+].[Na+].[Na+].[Na+]. The normalized spacial score (nSPS) is 12.5. The number of H-pyrrole nitrogens is 2. The van der Waals surface area contributed by atoms with E-state index in [1.54, 1.807) is 0 Å². The third kappa shape index (κ3) is 15.7. The molecule has 0 atom stereocenters. The van der Waals surface area contributed by atoms with Gasteiger partial charge in [-0.15, -0.1) is 20.5 Å². The van der Waals surface area contributed by atoms with E-state index in [1.165, 1.54) is 50.6 Å². The molecular formula is C40H22Cl4N12Na4O16S4. The van der Waals surface area contributed by atoms with Crippen LogP contribution in [0.5, 0.6) is 23.0 Å². The van der Waals surface area contributed by atoms with Crippen LogP contribution in [0.3, 0.4) is 0 Å². The Balaban J connectivity index is 0.00000344. The molecule has 0 fully saturated rings. The van der Waals surface area contributed by atoms with E-state index < -0.39 is 138 Å². The first-order valence-electron chi connectivity index (χ1n) is 19.9. The summed E-state index contributed by atoms with van der Waals surface area (Å²) in [5.74, 6) is -2.66. The first kappa shape index (κ1) is 69.2. The Bertz CT molecular complexity index is 4180. The van der Waals surface area contributed by atoms with E-state index in [0.717, 1.165) is 0 Å². The van der Waals surface area contributed by atoms with Crippen molar-refractivity contribution in [1.29, 1.82) is 0 Å². The smallest absolute Gasteiger partial charge is 0.870 e. The molecule has 394 valence electrons. The van der Waals surface area contributed by atoms with Gasteiger partial charge in [-0.25, -0.2) is 26.8 Å². The molecule has 2 aromatic heterocycles. The molecule has 28 nitrogen and oxygen atoms in total. The molecule has 4 N–H and O–H groups in total. The van der Waals surface area contributed by atoms with Gasteiger partial charge in [-0.2, -0.15) is 36.8 Å². The summed E-state index contributed by atoms with van der Waals surface area (Å²) in [5, 5.41) is 40.3. The van der Waals surface area contributed by atoms with Gasteiger partial charge < -0.3 is 28.8 Å². The number of hydrogen-bond donors (Lipinski definition) is 4. The second-order valence-corrected chi connectivity index (χ2v) is 21.8. The number of nitrogens with zero attached hydrogens (tertiary/aromatic N) is 10. The van der Waals surface area contributed by atoms with Crippen LogP contribution in [-0.4, -0.2) is 96.0 Å². The van der Waals surface area contributed by atoms with Gasteiger partial charge in [0.2, 0.25) is 32.4 Å². The van der Waals surface area contributed by atoms with Gasteiger partial charge in [0.15, 0.2) is 0 Å². The van der Waals surface area contributed by atoms with E-state index in [9.17, 15) is 62.1 Å². The molecule has 80 heavy (non-hydrogen) atoms. The monoisotopic (exact) mass is 1290 g/mol. The number of azo groups is 2. The zero-order chi connectivity index (χ0) is 55.4. The molecule has 0 radical (unpaired) electrons. The summed E-state index contributed by atoms with van der Waals surface area (Å²) in [5.41, 5.74) is -3.55. The van der Waals surface area contributed by atoms with Gasteiger partial charge in [0.05, 0.1) is 46.8 Å². The van der Waals surface area contributed by atoms with Crippen molar-refractivity contribution < 1.29 is 190 Å². The molecule has 0 aliphatic heterocycles. The van der Waals surface area contributed by atoms with E-state index in [-0.39, 0.29) is 152 Å². The van der Waals surface area contributed by atoms with E-state index in [2.05, 4.69) is 60.3 Å². The van der Waals surface area contributed by atoms with Crippen LogP contribution in [0.1, 0.15) is 0 Å². The molecule has 0 amide bonds. The summed E-state index contributed by atoms with van der Waals surface area (Å²) < 4.78 is 155. The molecule has 0 unspecified atom stereocenters. The Kier molecular flexibility index (Phi) is 23.5. The van der Waals surface area contributed by atoms with Crippen molar-refractivity contribution in [1.82, 2.24) is 29.9 Å². The quantitative estimate of drug-likeness (QED) is 0.0475. The third-order valence-corrected chi connectivity index (χ3v) is 14.2. The van der Waals surface area contributed by atoms with Crippen molar-refractivity contribution in [3.05, 3.63) is 105 Å². The summed E-state index contributed by atoms with van der Waals surface area (Å²) in [4.78, 5) is 23.5. The standard InChI is InChI=1S/C40H26Cl4N12O16S4.4Na/c1-71-25-9-15(3-5-21(25)53-55-31-27(75(65,66)67)11-17-7-19(73(59,60)61)13-23(29(17)33(31)57)45-39-49-35(41)47-36(42)50-39)16-4-6-22(26(10-16)72-2)54-56-32-28(76(68,69)70)12-18-8-20(74(62,63)64)14-24(30(18)34(32)58)46-40-51-37(43)48-38(44)52-40;;;;/h3-14,57-58H,1-2H3,(H,59,60,61)(H,62,63,64)(H,65,66,67)(H,68,69,70)(H,45,47,49,50)(H,46,48,51,52);;;;/q;4*+1/p-4. The van der Waals surface area contributed by atoms with Crippen LogP contribution in [0.25, 0.3) is 32.7 Å². The van der Waals surface area contributed by atoms with E-state index >= 15 is 0 Å². The number of rotatable bonds is 13. The predicted molar refractivity (Wildman–Crippen MR) is 259 cm³/mol. The summed E-state index contributed by atoms with van der Waals surface area (Å²) >= 11 is 23.5. The molecule has 0 spiro atoms. The number of nitrogens with one attached hydrogen (secondary N) is 2. The van der Waals surface area contributed by atoms with Gasteiger partial charge in [-0.1, -0.05) is 23.6 Å². The minimum atomic E-state index is -5.34. The van der Waals surface area contributed by atoms with Crippen LogP contribution < -0.4 is 149 Å². The van der Waals surface area contributed by atoms with Crippen molar-refractivity contribution in [3.63, 3.8) is 0 Å². The van der Waals surface area contributed by atoms with Crippen molar-refractivity contribution >= 4 is 143 Å². The fourth-order valence-corrected chi connectivity index (χ4v) is 10.1. The Labute approximate surface area is 558 Å². The minimum absolute atomic E-state index is 0. The van der Waals surface area contributed by atoms with Gasteiger partial charge in [-0.3, -0.25) is 19.1 Å². The molecule has 6 aromatic carbocycles. The third-order valence-electron chi connectivity index (χ3n) is 10.2. The molecule has 40 heteroatoms. The Morgan fingerprint density at radius 2 is 0.850 bits per heavy atom. The molecule has 8 rings (SSSR count). The molecule has 0 saturated heterocycles. The fourth-order valence-electron chi connectivity index (χ4n) is 7.00. The predicted octanol–water partition coefficient (Wildman–Crippen LogP) is -5.71. The zero-order valence-electron chi connectivity index (χ0n) is 41.2. The second kappa shape index (κ2) is 27.1. The maximum atomic E-state index is 14.1. The molecule has 0 aliphatic rings. The van der Waals surface area contributed by atoms with Crippen molar-refractivity contribution in [2.45, 2.75) is 19.6 Å². The first-order chi connectivity index (χ1) is 35.5. The van der Waals surface area contributed by atoms with Crippen LogP contribution in [0.2, 0.25) is 21.1 Å². The molecule has 8 aromatic rings. The molecular weight excluding hydrogens is 1270 g/mol. The number of aromatic nitrogens is 6. The van der Waals surface area contributed by atoms with Crippen LogP contribution in [0, 0.1) is 0 Å². The Morgan fingerprint density at radius 1 is 0.500 bits per heavy atom. The maximum absolute atomic E-state index is 14.1. The topological polar surface area (TPSA) is 445 Å². The summed E-state index contributed by atoms with van der Waals surface area (Å²) in [7, 11) is -18.8. The fraction of sp³-hybridized carbons (Fsp3) is 0.0500. The zero-order valence-corrected chi connectivity index (χ0v) is 55.4. The van der Waals surface area contributed by atoms with Gasteiger partial charge >= 0.3 is 118 Å². The molecule has 0 bridgehead atoms. The van der Waals surface area contributed by atoms with Crippen LogP contribution in [0.15, 0.2) is 123 Å². The molecule has 0 saturated carbocycles. The van der Waals surface area contributed by atoms with Gasteiger partial charge in [0.25, 0.3) is 20.2 Å². The van der Waals surface area contributed by atoms with Crippen LogP contribution in [0.4, 0.5) is 34.1 Å². The maximum Gasteiger partial charge on any atom is 1.00 e. The number of benzene rings is 6. The van der Waals surface area contributed by atoms with E-state index in [4.69, 9.17) is 55.9 Å². The molecule has 0 aliphatic carbocycles.